The summed E-state index contributed by atoms with van der Waals surface area (Å²) in [7, 11) is 0. The van der Waals surface area contributed by atoms with Crippen molar-refractivity contribution < 1.29 is 28.6 Å². The Morgan fingerprint density at radius 1 is 1.30 bits per heavy atom. The number of aryl methyl sites for hydroxylation is 2. The molecule has 8 nitrogen and oxygen atoms in total. The number of carbonyl (C=O) groups is 2. The molecule has 8 heteroatoms. The molecule has 0 unspecified atom stereocenters. The minimum absolute atomic E-state index is 0.198. The zero-order valence-electron chi connectivity index (χ0n) is 17.6. The highest BCUT2D eigenvalue weighted by Gasteiger charge is 2.30. The molecule has 1 atom stereocenters. The average Bonchev–Trinajstić information content (AvgIpc) is 2.68. The molecule has 1 N–H and O–H groups in total. The molecule has 1 aliphatic heterocycles. The van der Waals surface area contributed by atoms with Crippen molar-refractivity contribution in [3.8, 4) is 11.5 Å². The third kappa shape index (κ3) is 4.42. The van der Waals surface area contributed by atoms with Crippen LogP contribution < -0.4 is 25.5 Å². The third-order valence-electron chi connectivity index (χ3n) is 5.25. The average molecular weight is 416 g/mol. The van der Waals surface area contributed by atoms with E-state index in [1.807, 2.05) is 20.8 Å². The first-order valence-electron chi connectivity index (χ1n) is 10.1. The Hall–Kier alpha value is -3.03. The van der Waals surface area contributed by atoms with E-state index in [0.717, 1.165) is 17.5 Å². The van der Waals surface area contributed by atoms with Crippen LogP contribution in [0, 0.1) is 0 Å². The molecule has 3 rings (SSSR count). The van der Waals surface area contributed by atoms with Crippen molar-refractivity contribution in [3.63, 3.8) is 0 Å². The molecule has 0 saturated carbocycles. The number of hydrogen-bond acceptors (Lipinski definition) is 7. The van der Waals surface area contributed by atoms with E-state index in [1.165, 1.54) is 6.07 Å². The molecule has 1 amide bonds. The van der Waals surface area contributed by atoms with E-state index in [0.29, 0.717) is 35.3 Å². The van der Waals surface area contributed by atoms with Crippen LogP contribution in [0.1, 0.15) is 51.7 Å². The van der Waals surface area contributed by atoms with Crippen LogP contribution in [-0.4, -0.2) is 30.1 Å². The second-order valence-corrected chi connectivity index (χ2v) is 8.00. The van der Waals surface area contributed by atoms with Gasteiger partial charge in [-0.05, 0) is 45.1 Å². The van der Waals surface area contributed by atoms with Gasteiger partial charge in [0.05, 0.1) is 17.4 Å². The molecule has 0 fully saturated rings. The minimum atomic E-state index is -1.35. The van der Waals surface area contributed by atoms with E-state index in [1.54, 1.807) is 13.0 Å². The first-order chi connectivity index (χ1) is 14.1. The van der Waals surface area contributed by atoms with Crippen LogP contribution in [0.25, 0.3) is 11.0 Å². The fourth-order valence-corrected chi connectivity index (χ4v) is 3.62. The lowest BCUT2D eigenvalue weighted by atomic mass is 9.92. The number of carboxylic acids is 1. The summed E-state index contributed by atoms with van der Waals surface area (Å²) in [5, 5.41) is 14.0. The van der Waals surface area contributed by atoms with Crippen molar-refractivity contribution in [2.45, 2.75) is 65.0 Å². The summed E-state index contributed by atoms with van der Waals surface area (Å²) in [6, 6.07) is 2.04. The second kappa shape index (κ2) is 8.38. The van der Waals surface area contributed by atoms with E-state index >= 15 is 0 Å². The normalized spacial score (nSPS) is 15.7. The largest absolute Gasteiger partial charge is 0.548 e. The molecular weight excluding hydrogens is 390 g/mol. The summed E-state index contributed by atoms with van der Waals surface area (Å²) in [4.78, 5) is 35.3. The Morgan fingerprint density at radius 2 is 2.03 bits per heavy atom. The van der Waals surface area contributed by atoms with E-state index < -0.39 is 30.2 Å². The highest BCUT2D eigenvalue weighted by Crippen LogP contribution is 2.42. The van der Waals surface area contributed by atoms with Gasteiger partial charge in [0.25, 0.3) is 5.91 Å². The maximum atomic E-state index is 12.2. The molecule has 30 heavy (non-hydrogen) atoms. The van der Waals surface area contributed by atoms with Crippen LogP contribution >= 0.6 is 0 Å². The van der Waals surface area contributed by atoms with Crippen LogP contribution in [0.3, 0.4) is 0 Å². The summed E-state index contributed by atoms with van der Waals surface area (Å²) < 4.78 is 17.4. The van der Waals surface area contributed by atoms with Gasteiger partial charge in [0.1, 0.15) is 22.7 Å². The smallest absolute Gasteiger partial charge is 0.336 e. The molecular formula is C22H26NO7-. The number of carboxylic acid groups (broad SMARTS) is 1. The van der Waals surface area contributed by atoms with E-state index in [4.69, 9.17) is 13.9 Å². The SMILES string of the molecule is CCc1cc(=O)oc2c3c(cc(OCC(=O)N[C@@H](CC)C(=O)[O-])c12)OC(C)(C)CC3. The maximum absolute atomic E-state index is 12.2. The lowest BCUT2D eigenvalue weighted by Crippen LogP contribution is -2.48. The Kier molecular flexibility index (Phi) is 6.05. The quantitative estimate of drug-likeness (QED) is 0.679. The van der Waals surface area contributed by atoms with Crippen molar-refractivity contribution in [1.29, 1.82) is 0 Å². The van der Waals surface area contributed by atoms with Crippen LogP contribution in [0.5, 0.6) is 11.5 Å². The monoisotopic (exact) mass is 416 g/mol. The lowest BCUT2D eigenvalue weighted by molar-refractivity contribution is -0.308. The standard InChI is InChI=1S/C22H27NO7/c1-5-12-9-18(25)29-20-13-7-8-22(3,4)30-15(13)10-16(19(12)20)28-11-17(24)23-14(6-2)21(26)27/h9-10,14H,5-8,11H2,1-4H3,(H,23,24)(H,26,27)/p-1/t14-/m0/s1. The van der Waals surface area contributed by atoms with Crippen molar-refractivity contribution >= 4 is 22.8 Å². The van der Waals surface area contributed by atoms with E-state index in [9.17, 15) is 19.5 Å². The predicted molar refractivity (Wildman–Crippen MR) is 108 cm³/mol. The molecule has 0 spiro atoms. The van der Waals surface area contributed by atoms with Gasteiger partial charge in [0.2, 0.25) is 0 Å². The number of ether oxygens (including phenoxy) is 2. The summed E-state index contributed by atoms with van der Waals surface area (Å²) >= 11 is 0. The Labute approximate surface area is 174 Å². The van der Waals surface area contributed by atoms with Crippen molar-refractivity contribution in [1.82, 2.24) is 5.32 Å². The minimum Gasteiger partial charge on any atom is -0.548 e. The number of aliphatic carboxylic acids is 1. The predicted octanol–water partition coefficient (Wildman–Crippen LogP) is 1.48. The third-order valence-corrected chi connectivity index (χ3v) is 5.25. The fraction of sp³-hybridized carbons (Fsp3) is 0.500. The lowest BCUT2D eigenvalue weighted by Gasteiger charge is -2.33. The molecule has 0 bridgehead atoms. The first-order valence-corrected chi connectivity index (χ1v) is 10.1. The van der Waals surface area contributed by atoms with Gasteiger partial charge in [0, 0.05) is 17.7 Å². The van der Waals surface area contributed by atoms with Crippen molar-refractivity contribution in [2.24, 2.45) is 0 Å². The van der Waals surface area contributed by atoms with Crippen LogP contribution in [-0.2, 0) is 22.4 Å². The number of nitrogens with one attached hydrogen (secondary N) is 1. The van der Waals surface area contributed by atoms with Gasteiger partial charge in [0.15, 0.2) is 6.61 Å². The maximum Gasteiger partial charge on any atom is 0.336 e. The Morgan fingerprint density at radius 3 is 2.67 bits per heavy atom. The number of rotatable bonds is 7. The van der Waals surface area contributed by atoms with Gasteiger partial charge in [-0.15, -0.1) is 0 Å². The van der Waals surface area contributed by atoms with Gasteiger partial charge in [-0.25, -0.2) is 4.79 Å². The zero-order chi connectivity index (χ0) is 22.1. The van der Waals surface area contributed by atoms with Crippen molar-refractivity contribution in [2.75, 3.05) is 6.61 Å². The summed E-state index contributed by atoms with van der Waals surface area (Å²) in [6.45, 7) is 7.08. The van der Waals surface area contributed by atoms with Gasteiger partial charge in [-0.2, -0.15) is 0 Å². The van der Waals surface area contributed by atoms with Gasteiger partial charge in [-0.3, -0.25) is 4.79 Å². The highest BCUT2D eigenvalue weighted by atomic mass is 16.5. The molecule has 1 aromatic carbocycles. The molecule has 1 aliphatic rings. The highest BCUT2D eigenvalue weighted by molar-refractivity contribution is 5.92. The van der Waals surface area contributed by atoms with Crippen LogP contribution in [0.15, 0.2) is 21.3 Å². The zero-order valence-corrected chi connectivity index (χ0v) is 17.6. The Bertz CT molecular complexity index is 1040. The van der Waals surface area contributed by atoms with Crippen LogP contribution in [0.2, 0.25) is 0 Å². The number of hydrogen-bond donors (Lipinski definition) is 1. The first kappa shape index (κ1) is 21.7. The molecule has 2 heterocycles. The van der Waals surface area contributed by atoms with Crippen LogP contribution in [0.4, 0.5) is 0 Å². The van der Waals surface area contributed by atoms with Gasteiger partial charge in [-0.1, -0.05) is 13.8 Å². The topological polar surface area (TPSA) is 118 Å². The molecule has 0 saturated heterocycles. The van der Waals surface area contributed by atoms with E-state index in [2.05, 4.69) is 5.32 Å². The fourth-order valence-electron chi connectivity index (χ4n) is 3.62. The number of benzene rings is 1. The number of carbonyl (C=O) groups excluding carboxylic acids is 2. The molecule has 162 valence electrons. The Balaban J connectivity index is 2.00. The second-order valence-electron chi connectivity index (χ2n) is 8.00. The summed E-state index contributed by atoms with van der Waals surface area (Å²) in [5.41, 5.74) is 1.10. The van der Waals surface area contributed by atoms with Crippen molar-refractivity contribution in [3.05, 3.63) is 33.7 Å². The van der Waals surface area contributed by atoms with E-state index in [-0.39, 0.29) is 12.0 Å². The molecule has 0 aliphatic carbocycles. The number of fused-ring (bicyclic) bond motifs is 3. The molecule has 1 aromatic heterocycles. The molecule has 0 radical (unpaired) electrons. The number of amides is 1. The summed E-state index contributed by atoms with van der Waals surface area (Å²) in [6.07, 6.45) is 2.21. The summed E-state index contributed by atoms with van der Waals surface area (Å²) in [5.74, 6) is -1.05. The molecule has 2 aromatic rings. The van der Waals surface area contributed by atoms with Gasteiger partial charge >= 0.3 is 5.63 Å². The van der Waals surface area contributed by atoms with Gasteiger partial charge < -0.3 is 29.1 Å².